The predicted molar refractivity (Wildman–Crippen MR) is 79.6 cm³/mol. The molecule has 0 aliphatic carbocycles. The molecule has 2 nitrogen and oxygen atoms in total. The topological polar surface area (TPSA) is 46.2 Å². The van der Waals surface area contributed by atoms with Gasteiger partial charge in [0.2, 0.25) is 0 Å². The molecule has 19 heavy (non-hydrogen) atoms. The first-order valence-corrected chi connectivity index (χ1v) is 6.48. The molecule has 98 valence electrons. The molecule has 0 spiro atoms. The summed E-state index contributed by atoms with van der Waals surface area (Å²) in [5, 5.41) is 9.03. The Morgan fingerprint density at radius 1 is 0.947 bits per heavy atom. The van der Waals surface area contributed by atoms with Crippen LogP contribution in [0.2, 0.25) is 0 Å². The summed E-state index contributed by atoms with van der Waals surface area (Å²) in [5.41, 5.74) is 9.27. The summed E-state index contributed by atoms with van der Waals surface area (Å²) in [6, 6.07) is 20.3. The summed E-state index contributed by atoms with van der Waals surface area (Å²) in [5.74, 6) is 0. The summed E-state index contributed by atoms with van der Waals surface area (Å²) in [6.45, 7) is 0.00730. The fourth-order valence-corrected chi connectivity index (χ4v) is 1.98. The highest BCUT2D eigenvalue weighted by Gasteiger charge is 2.05. The van der Waals surface area contributed by atoms with E-state index in [0.717, 1.165) is 5.57 Å². The molecule has 0 saturated carbocycles. The lowest BCUT2D eigenvalue weighted by Crippen LogP contribution is -2.23. The van der Waals surface area contributed by atoms with Gasteiger partial charge in [-0.1, -0.05) is 66.7 Å². The monoisotopic (exact) mass is 253 g/mol. The van der Waals surface area contributed by atoms with Gasteiger partial charge in [-0.2, -0.15) is 0 Å². The van der Waals surface area contributed by atoms with E-state index in [1.165, 1.54) is 11.1 Å². The van der Waals surface area contributed by atoms with Crippen molar-refractivity contribution in [1.29, 1.82) is 0 Å². The minimum Gasteiger partial charge on any atom is -0.395 e. The second kappa shape index (κ2) is 6.88. The van der Waals surface area contributed by atoms with Gasteiger partial charge in [-0.15, -0.1) is 0 Å². The van der Waals surface area contributed by atoms with Gasteiger partial charge in [0, 0.05) is 6.04 Å². The molecule has 0 bridgehead atoms. The van der Waals surface area contributed by atoms with Crippen LogP contribution >= 0.6 is 0 Å². The lowest BCUT2D eigenvalue weighted by Gasteiger charge is -2.10. The fraction of sp³-hybridized carbons (Fsp3) is 0.176. The molecule has 0 radical (unpaired) electrons. The third-order valence-corrected chi connectivity index (χ3v) is 3.03. The van der Waals surface area contributed by atoms with Crippen molar-refractivity contribution in [2.45, 2.75) is 12.5 Å². The average molecular weight is 253 g/mol. The first-order chi connectivity index (χ1) is 9.31. The standard InChI is InChI=1S/C17H19NO/c18-16(13-19)11-12-17(14-7-3-1-4-8-14)15-9-5-2-6-10-15/h1-10,12,16,19H,11,13,18H2. The van der Waals surface area contributed by atoms with Gasteiger partial charge in [-0.25, -0.2) is 0 Å². The molecule has 0 fully saturated rings. The Hall–Kier alpha value is -1.90. The maximum atomic E-state index is 9.03. The largest absolute Gasteiger partial charge is 0.395 e. The maximum Gasteiger partial charge on any atom is 0.0585 e. The van der Waals surface area contributed by atoms with Gasteiger partial charge in [0.15, 0.2) is 0 Å². The van der Waals surface area contributed by atoms with Crippen LogP contribution in [0.15, 0.2) is 66.7 Å². The molecule has 2 aromatic rings. The Bertz CT molecular complexity index is 478. The normalized spacial score (nSPS) is 11.9. The third kappa shape index (κ3) is 3.78. The van der Waals surface area contributed by atoms with Gasteiger partial charge in [-0.3, -0.25) is 0 Å². The van der Waals surface area contributed by atoms with E-state index in [2.05, 4.69) is 30.3 Å². The van der Waals surface area contributed by atoms with Gasteiger partial charge in [0.1, 0.15) is 0 Å². The smallest absolute Gasteiger partial charge is 0.0585 e. The number of hydrogen-bond donors (Lipinski definition) is 2. The van der Waals surface area contributed by atoms with Crippen LogP contribution in [0.3, 0.4) is 0 Å². The van der Waals surface area contributed by atoms with E-state index in [1.54, 1.807) is 0 Å². The van der Waals surface area contributed by atoms with E-state index in [1.807, 2.05) is 36.4 Å². The molecule has 2 rings (SSSR count). The number of benzene rings is 2. The number of nitrogens with two attached hydrogens (primary N) is 1. The summed E-state index contributed by atoms with van der Waals surface area (Å²) < 4.78 is 0. The van der Waals surface area contributed by atoms with Crippen molar-refractivity contribution >= 4 is 5.57 Å². The van der Waals surface area contributed by atoms with Crippen molar-refractivity contribution in [3.63, 3.8) is 0 Å². The van der Waals surface area contributed by atoms with E-state index in [9.17, 15) is 0 Å². The molecule has 0 amide bonds. The highest BCUT2D eigenvalue weighted by Crippen LogP contribution is 2.23. The van der Waals surface area contributed by atoms with Crippen LogP contribution in [-0.2, 0) is 0 Å². The zero-order chi connectivity index (χ0) is 13.5. The second-order valence-corrected chi connectivity index (χ2v) is 4.53. The third-order valence-electron chi connectivity index (χ3n) is 3.03. The molecular weight excluding hydrogens is 234 g/mol. The first kappa shape index (κ1) is 13.5. The average Bonchev–Trinajstić information content (AvgIpc) is 2.49. The molecule has 0 saturated heterocycles. The van der Waals surface area contributed by atoms with Crippen LogP contribution in [0.1, 0.15) is 17.5 Å². The highest BCUT2D eigenvalue weighted by molar-refractivity contribution is 5.79. The van der Waals surface area contributed by atoms with Crippen LogP contribution in [0, 0.1) is 0 Å². The predicted octanol–water partition coefficient (Wildman–Crippen LogP) is 2.83. The van der Waals surface area contributed by atoms with E-state index in [4.69, 9.17) is 10.8 Å². The SMILES string of the molecule is NC(CO)CC=C(c1ccccc1)c1ccccc1. The zero-order valence-corrected chi connectivity index (χ0v) is 10.9. The van der Waals surface area contributed by atoms with Crippen molar-refractivity contribution in [2.24, 2.45) is 5.73 Å². The number of hydrogen-bond acceptors (Lipinski definition) is 2. The van der Waals surface area contributed by atoms with Crippen molar-refractivity contribution in [1.82, 2.24) is 0 Å². The molecule has 3 N–H and O–H groups in total. The molecule has 0 heterocycles. The minimum atomic E-state index is -0.206. The molecule has 0 aliphatic rings. The van der Waals surface area contributed by atoms with Crippen molar-refractivity contribution in [3.8, 4) is 0 Å². The van der Waals surface area contributed by atoms with Crippen molar-refractivity contribution in [2.75, 3.05) is 6.61 Å². The summed E-state index contributed by atoms with van der Waals surface area (Å²) in [6.07, 6.45) is 2.77. The van der Waals surface area contributed by atoms with Gasteiger partial charge in [0.25, 0.3) is 0 Å². The summed E-state index contributed by atoms with van der Waals surface area (Å²) in [7, 11) is 0. The van der Waals surface area contributed by atoms with Crippen LogP contribution in [0.5, 0.6) is 0 Å². The Labute approximate surface area is 114 Å². The van der Waals surface area contributed by atoms with E-state index >= 15 is 0 Å². The molecule has 2 aromatic carbocycles. The molecular formula is C17H19NO. The number of aliphatic hydroxyl groups is 1. The van der Waals surface area contributed by atoms with Crippen LogP contribution in [0.25, 0.3) is 5.57 Å². The molecule has 0 aliphatic heterocycles. The number of aliphatic hydroxyl groups excluding tert-OH is 1. The maximum absolute atomic E-state index is 9.03. The second-order valence-electron chi connectivity index (χ2n) is 4.53. The molecule has 2 heteroatoms. The Morgan fingerprint density at radius 3 is 1.84 bits per heavy atom. The molecule has 1 atom stereocenters. The van der Waals surface area contributed by atoms with Crippen molar-refractivity contribution < 1.29 is 5.11 Å². The highest BCUT2D eigenvalue weighted by atomic mass is 16.3. The zero-order valence-electron chi connectivity index (χ0n) is 10.9. The minimum absolute atomic E-state index is 0.00730. The fourth-order valence-electron chi connectivity index (χ4n) is 1.98. The van der Waals surface area contributed by atoms with Crippen LogP contribution < -0.4 is 5.73 Å². The van der Waals surface area contributed by atoms with E-state index in [0.29, 0.717) is 6.42 Å². The summed E-state index contributed by atoms with van der Waals surface area (Å²) >= 11 is 0. The quantitative estimate of drug-likeness (QED) is 0.860. The van der Waals surface area contributed by atoms with Crippen molar-refractivity contribution in [3.05, 3.63) is 77.9 Å². The Morgan fingerprint density at radius 2 is 1.42 bits per heavy atom. The number of rotatable bonds is 5. The molecule has 0 aromatic heterocycles. The lowest BCUT2D eigenvalue weighted by molar-refractivity contribution is 0.266. The van der Waals surface area contributed by atoms with Gasteiger partial charge in [-0.05, 0) is 23.1 Å². The van der Waals surface area contributed by atoms with Gasteiger partial charge < -0.3 is 10.8 Å². The van der Waals surface area contributed by atoms with Gasteiger partial charge >= 0.3 is 0 Å². The van der Waals surface area contributed by atoms with E-state index < -0.39 is 0 Å². The molecule has 1 unspecified atom stereocenters. The van der Waals surface area contributed by atoms with Gasteiger partial charge in [0.05, 0.1) is 6.61 Å². The van der Waals surface area contributed by atoms with Crippen LogP contribution in [-0.4, -0.2) is 17.8 Å². The lowest BCUT2D eigenvalue weighted by atomic mass is 9.96. The Kier molecular flexibility index (Phi) is 4.90. The Balaban J connectivity index is 2.34. The summed E-state index contributed by atoms with van der Waals surface area (Å²) in [4.78, 5) is 0. The first-order valence-electron chi connectivity index (χ1n) is 6.48. The van der Waals surface area contributed by atoms with E-state index in [-0.39, 0.29) is 12.6 Å². The van der Waals surface area contributed by atoms with Crippen LogP contribution in [0.4, 0.5) is 0 Å².